The second-order valence-electron chi connectivity index (χ2n) is 7.60. The smallest absolute Gasteiger partial charge is 0.340 e. The first-order chi connectivity index (χ1) is 15.2. The molecule has 2 amide bonds. The zero-order valence-corrected chi connectivity index (χ0v) is 17.6. The first kappa shape index (κ1) is 21.7. The van der Waals surface area contributed by atoms with Gasteiger partial charge in [-0.3, -0.25) is 19.2 Å². The number of anilines is 1. The maximum atomic E-state index is 13.6. The average molecular weight is 443 g/mol. The molecule has 1 aromatic carbocycles. The molecule has 4 atom stereocenters. The molecule has 2 fully saturated rings. The summed E-state index contributed by atoms with van der Waals surface area (Å²) in [4.78, 5) is 63.6. The number of esters is 3. The van der Waals surface area contributed by atoms with Crippen LogP contribution in [0.3, 0.4) is 0 Å². The van der Waals surface area contributed by atoms with E-state index in [1.807, 2.05) is 0 Å². The summed E-state index contributed by atoms with van der Waals surface area (Å²) in [6.45, 7) is 4.01. The van der Waals surface area contributed by atoms with Gasteiger partial charge in [-0.25, -0.2) is 9.69 Å². The lowest BCUT2D eigenvalue weighted by Gasteiger charge is -2.34. The van der Waals surface area contributed by atoms with Crippen LogP contribution in [0.5, 0.6) is 0 Å². The highest BCUT2D eigenvalue weighted by Gasteiger charge is 2.72. The summed E-state index contributed by atoms with van der Waals surface area (Å²) in [7, 11) is 0. The first-order valence-corrected chi connectivity index (χ1v) is 10.1. The standard InChI is InChI=1S/C22H21NO9/c1-4-29-20(28)13-7-5-6-8-14(13)23-18(26)16-15-9-10-22(32-15,17(16)19(23)27)21(30-11(2)24)31-12(3)25/h5-10,15-17,21H,4H2,1-3H3/t15-,16+,17-,22+/m0/s1. The highest BCUT2D eigenvalue weighted by atomic mass is 16.7. The molecule has 0 N–H and O–H groups in total. The van der Waals surface area contributed by atoms with Crippen molar-refractivity contribution < 1.29 is 42.9 Å². The van der Waals surface area contributed by atoms with Crippen LogP contribution in [0.15, 0.2) is 36.4 Å². The Balaban J connectivity index is 1.76. The molecule has 0 spiro atoms. The maximum absolute atomic E-state index is 13.6. The van der Waals surface area contributed by atoms with Crippen LogP contribution < -0.4 is 4.90 Å². The number of nitrogens with zero attached hydrogens (tertiary/aromatic N) is 1. The van der Waals surface area contributed by atoms with Crippen LogP contribution in [0.4, 0.5) is 5.69 Å². The Morgan fingerprint density at radius 1 is 1.09 bits per heavy atom. The van der Waals surface area contributed by atoms with E-state index in [0.717, 1.165) is 18.7 Å². The van der Waals surface area contributed by atoms with E-state index in [0.29, 0.717) is 0 Å². The second-order valence-corrected chi connectivity index (χ2v) is 7.60. The van der Waals surface area contributed by atoms with Gasteiger partial charge >= 0.3 is 17.9 Å². The third kappa shape index (κ3) is 3.18. The highest BCUT2D eigenvalue weighted by molar-refractivity contribution is 6.25. The minimum Gasteiger partial charge on any atom is -0.462 e. The quantitative estimate of drug-likeness (QED) is 0.275. The molecule has 168 valence electrons. The van der Waals surface area contributed by atoms with Crippen LogP contribution in [0.25, 0.3) is 0 Å². The number of amides is 2. The van der Waals surface area contributed by atoms with E-state index in [1.54, 1.807) is 25.1 Å². The predicted octanol–water partition coefficient (Wildman–Crippen LogP) is 1.13. The lowest BCUT2D eigenvalue weighted by Crippen LogP contribution is -2.52. The summed E-state index contributed by atoms with van der Waals surface area (Å²) >= 11 is 0. The van der Waals surface area contributed by atoms with Gasteiger partial charge in [-0.05, 0) is 25.1 Å². The van der Waals surface area contributed by atoms with Crippen LogP contribution in [0, 0.1) is 11.8 Å². The molecule has 0 unspecified atom stereocenters. The van der Waals surface area contributed by atoms with Gasteiger partial charge in [0, 0.05) is 13.8 Å². The molecule has 2 bridgehead atoms. The number of hydrogen-bond donors (Lipinski definition) is 0. The second kappa shape index (κ2) is 7.86. The Bertz CT molecular complexity index is 1030. The molecule has 0 saturated carbocycles. The largest absolute Gasteiger partial charge is 0.462 e. The van der Waals surface area contributed by atoms with E-state index in [-0.39, 0.29) is 17.9 Å². The molecule has 1 aromatic rings. The molecule has 0 aromatic heterocycles. The topological polar surface area (TPSA) is 126 Å². The fourth-order valence-corrected chi connectivity index (χ4v) is 4.50. The number of fused-ring (bicyclic) bond motifs is 5. The molecule has 3 aliphatic rings. The molecule has 4 rings (SSSR count). The van der Waals surface area contributed by atoms with Crippen molar-refractivity contribution in [1.29, 1.82) is 0 Å². The van der Waals surface area contributed by atoms with Crippen LogP contribution in [-0.4, -0.2) is 54.3 Å². The molecule has 0 aliphatic carbocycles. The van der Waals surface area contributed by atoms with Gasteiger partial charge in [0.15, 0.2) is 5.60 Å². The SMILES string of the molecule is CCOC(=O)c1ccccc1N1C(=O)[C@@H]2[C@@H]3C=C[C@@](C(OC(C)=O)OC(C)=O)(O3)[C@@H]2C1=O. The van der Waals surface area contributed by atoms with Gasteiger partial charge in [-0.15, -0.1) is 0 Å². The van der Waals surface area contributed by atoms with Crippen molar-refractivity contribution >= 4 is 35.4 Å². The van der Waals surface area contributed by atoms with Crippen molar-refractivity contribution in [3.05, 3.63) is 42.0 Å². The molecule has 10 nitrogen and oxygen atoms in total. The first-order valence-electron chi connectivity index (χ1n) is 10.1. The van der Waals surface area contributed by atoms with Crippen molar-refractivity contribution in [2.75, 3.05) is 11.5 Å². The number of benzene rings is 1. The maximum Gasteiger partial charge on any atom is 0.340 e. The van der Waals surface area contributed by atoms with E-state index >= 15 is 0 Å². The van der Waals surface area contributed by atoms with Gasteiger partial charge < -0.3 is 18.9 Å². The van der Waals surface area contributed by atoms with Crippen molar-refractivity contribution in [3.63, 3.8) is 0 Å². The third-order valence-corrected chi connectivity index (χ3v) is 5.63. The fourth-order valence-electron chi connectivity index (χ4n) is 4.50. The number of rotatable bonds is 6. The molecule has 10 heteroatoms. The van der Waals surface area contributed by atoms with Crippen LogP contribution in [0.1, 0.15) is 31.1 Å². The number of ether oxygens (including phenoxy) is 4. The minimum atomic E-state index is -1.66. The number of hydrogen-bond acceptors (Lipinski definition) is 9. The Morgan fingerprint density at radius 3 is 2.38 bits per heavy atom. The van der Waals surface area contributed by atoms with Crippen molar-refractivity contribution in [2.24, 2.45) is 11.8 Å². The van der Waals surface area contributed by atoms with E-state index < -0.39 is 59.6 Å². The van der Waals surface area contributed by atoms with E-state index in [2.05, 4.69) is 0 Å². The van der Waals surface area contributed by atoms with Crippen molar-refractivity contribution in [2.45, 2.75) is 38.8 Å². The van der Waals surface area contributed by atoms with E-state index in [1.165, 1.54) is 18.2 Å². The molecular formula is C22H21NO9. The average Bonchev–Trinajstić information content (AvgIpc) is 3.38. The molecule has 2 saturated heterocycles. The van der Waals surface area contributed by atoms with Gasteiger partial charge in [-0.2, -0.15) is 0 Å². The third-order valence-electron chi connectivity index (χ3n) is 5.63. The number of carbonyl (C=O) groups excluding carboxylic acids is 5. The summed E-state index contributed by atoms with van der Waals surface area (Å²) in [5.74, 6) is -5.47. The Labute approximate surface area is 183 Å². The van der Waals surface area contributed by atoms with Crippen LogP contribution in [0.2, 0.25) is 0 Å². The lowest BCUT2D eigenvalue weighted by atomic mass is 9.76. The zero-order valence-electron chi connectivity index (χ0n) is 17.6. The molecule has 3 heterocycles. The van der Waals surface area contributed by atoms with Crippen LogP contribution in [-0.2, 0) is 38.1 Å². The summed E-state index contributed by atoms with van der Waals surface area (Å²) in [6.07, 6.45) is 0.713. The van der Waals surface area contributed by atoms with E-state index in [9.17, 15) is 24.0 Å². The Kier molecular flexibility index (Phi) is 5.33. The Hall–Kier alpha value is -3.53. The zero-order chi connectivity index (χ0) is 23.2. The normalized spacial score (nSPS) is 27.6. The molecule has 0 radical (unpaired) electrons. The summed E-state index contributed by atoms with van der Waals surface area (Å²) < 4.78 is 21.3. The summed E-state index contributed by atoms with van der Waals surface area (Å²) in [5.41, 5.74) is -1.52. The summed E-state index contributed by atoms with van der Waals surface area (Å²) in [6, 6.07) is 6.12. The van der Waals surface area contributed by atoms with Crippen LogP contribution >= 0.6 is 0 Å². The minimum absolute atomic E-state index is 0.0582. The molecule has 32 heavy (non-hydrogen) atoms. The molecule has 3 aliphatic heterocycles. The predicted molar refractivity (Wildman–Crippen MR) is 106 cm³/mol. The van der Waals surface area contributed by atoms with Gasteiger partial charge in [-0.1, -0.05) is 18.2 Å². The van der Waals surface area contributed by atoms with Crippen molar-refractivity contribution in [1.82, 2.24) is 0 Å². The Morgan fingerprint density at radius 2 is 1.75 bits per heavy atom. The summed E-state index contributed by atoms with van der Waals surface area (Å²) in [5, 5.41) is 0. The highest BCUT2D eigenvalue weighted by Crippen LogP contribution is 2.55. The van der Waals surface area contributed by atoms with Crippen molar-refractivity contribution in [3.8, 4) is 0 Å². The number of imide groups is 1. The van der Waals surface area contributed by atoms with E-state index in [4.69, 9.17) is 18.9 Å². The van der Waals surface area contributed by atoms with Gasteiger partial charge in [0.1, 0.15) is 0 Å². The van der Waals surface area contributed by atoms with Gasteiger partial charge in [0.2, 0.25) is 11.8 Å². The lowest BCUT2D eigenvalue weighted by molar-refractivity contribution is -0.226. The van der Waals surface area contributed by atoms with Gasteiger partial charge in [0.25, 0.3) is 6.29 Å². The number of carbonyl (C=O) groups is 5. The monoisotopic (exact) mass is 443 g/mol. The number of para-hydroxylation sites is 1. The van der Waals surface area contributed by atoms with Gasteiger partial charge in [0.05, 0.1) is 35.8 Å². The fraction of sp³-hybridized carbons (Fsp3) is 0.409. The molecular weight excluding hydrogens is 422 g/mol.